The number of carbonyl (C=O) groups excluding carboxylic acids is 1. The summed E-state index contributed by atoms with van der Waals surface area (Å²) >= 11 is 0. The molecule has 10 heteroatoms. The number of fused-ring (bicyclic) bond motifs is 1. The van der Waals surface area contributed by atoms with Crippen LogP contribution in [0.2, 0.25) is 0 Å². The van der Waals surface area contributed by atoms with Crippen LogP contribution in [-0.4, -0.2) is 68.3 Å². The molecular formula is C27H30N6O4. The van der Waals surface area contributed by atoms with E-state index in [0.29, 0.717) is 22.6 Å². The number of aryl methyl sites for hydroxylation is 1. The number of carbonyl (C=O) groups is 1. The lowest BCUT2D eigenvalue weighted by Crippen LogP contribution is -2.66. The minimum Gasteiger partial charge on any atom is -0.444 e. The number of amides is 1. The summed E-state index contributed by atoms with van der Waals surface area (Å²) in [4.78, 5) is 24.0. The summed E-state index contributed by atoms with van der Waals surface area (Å²) in [5, 5.41) is 18.5. The SMILES string of the molecule is Cc1cc(-c2nc(C(=O)Nc3cc4cc(CCN5CC6(COC6)C5)nn4cc3C(C)(C)O)co2)ccn1. The monoisotopic (exact) mass is 502 g/mol. The molecule has 0 aliphatic carbocycles. The molecule has 2 aliphatic rings. The number of hydrogen-bond donors (Lipinski definition) is 2. The molecular weight excluding hydrogens is 472 g/mol. The number of hydrogen-bond acceptors (Lipinski definition) is 8. The van der Waals surface area contributed by atoms with E-state index < -0.39 is 11.5 Å². The molecule has 0 saturated carbocycles. The molecule has 4 aromatic heterocycles. The van der Waals surface area contributed by atoms with Gasteiger partial charge in [0.25, 0.3) is 5.91 Å². The second-order valence-electron chi connectivity index (χ2n) is 10.8. The lowest BCUT2D eigenvalue weighted by Gasteiger charge is -2.55. The number of nitrogens with one attached hydrogen (secondary N) is 1. The fourth-order valence-corrected chi connectivity index (χ4v) is 5.09. The molecule has 10 nitrogen and oxygen atoms in total. The van der Waals surface area contributed by atoms with Crippen molar-refractivity contribution in [1.82, 2.24) is 24.5 Å². The minimum atomic E-state index is -1.21. The number of likely N-dealkylation sites (tertiary alicyclic amines) is 1. The third-order valence-corrected chi connectivity index (χ3v) is 7.06. The Hall–Kier alpha value is -3.60. The molecule has 2 aliphatic heterocycles. The number of oxazole rings is 1. The molecule has 1 amide bonds. The Labute approximate surface area is 214 Å². The Balaban J connectivity index is 1.20. The van der Waals surface area contributed by atoms with Crippen molar-refractivity contribution >= 4 is 17.1 Å². The predicted molar refractivity (Wildman–Crippen MR) is 136 cm³/mol. The fraction of sp³-hybridized carbons (Fsp3) is 0.407. The third kappa shape index (κ3) is 4.63. The lowest BCUT2D eigenvalue weighted by molar-refractivity contribution is -0.188. The van der Waals surface area contributed by atoms with Crippen molar-refractivity contribution < 1.29 is 19.1 Å². The fourth-order valence-electron chi connectivity index (χ4n) is 5.09. The van der Waals surface area contributed by atoms with E-state index in [9.17, 15) is 9.90 Å². The van der Waals surface area contributed by atoms with E-state index in [1.54, 1.807) is 36.8 Å². The zero-order valence-electron chi connectivity index (χ0n) is 21.2. The van der Waals surface area contributed by atoms with Crippen molar-refractivity contribution in [2.45, 2.75) is 32.8 Å². The summed E-state index contributed by atoms with van der Waals surface area (Å²) in [6, 6.07) is 7.47. The Morgan fingerprint density at radius 3 is 2.76 bits per heavy atom. The lowest BCUT2D eigenvalue weighted by atomic mass is 9.78. The number of pyridine rings is 2. The normalized spacial score (nSPS) is 17.1. The number of anilines is 1. The topological polar surface area (TPSA) is 118 Å². The highest BCUT2D eigenvalue weighted by molar-refractivity contribution is 6.03. The van der Waals surface area contributed by atoms with Gasteiger partial charge < -0.3 is 24.5 Å². The molecule has 6 heterocycles. The van der Waals surface area contributed by atoms with E-state index in [1.165, 1.54) is 6.26 Å². The number of ether oxygens (including phenoxy) is 1. The van der Waals surface area contributed by atoms with Crippen LogP contribution in [0.5, 0.6) is 0 Å². The van der Waals surface area contributed by atoms with E-state index in [0.717, 1.165) is 61.7 Å². The zero-order valence-corrected chi connectivity index (χ0v) is 21.2. The van der Waals surface area contributed by atoms with Crippen molar-refractivity contribution in [3.8, 4) is 11.5 Å². The van der Waals surface area contributed by atoms with Crippen LogP contribution < -0.4 is 5.32 Å². The van der Waals surface area contributed by atoms with Crippen LogP contribution in [-0.2, 0) is 16.8 Å². The standard InChI is InChI=1S/C27H30N6O4/c1-17-8-18(4-6-28-17)25-30-23(12-37-25)24(34)29-22-10-20-9-19(31-33(20)11-21(22)26(2,3)35)5-7-32-13-27(14-32)15-36-16-27/h4,6,8-12,35H,5,7,13-16H2,1-3H3,(H,29,34). The maximum absolute atomic E-state index is 13.1. The van der Waals surface area contributed by atoms with E-state index in [4.69, 9.17) is 14.3 Å². The maximum Gasteiger partial charge on any atom is 0.277 e. The second kappa shape index (κ2) is 8.76. The van der Waals surface area contributed by atoms with Gasteiger partial charge in [-0.05, 0) is 45.0 Å². The van der Waals surface area contributed by atoms with Crippen LogP contribution in [0, 0.1) is 12.3 Å². The molecule has 2 saturated heterocycles. The van der Waals surface area contributed by atoms with Gasteiger partial charge in [-0.3, -0.25) is 9.78 Å². The Morgan fingerprint density at radius 2 is 2.05 bits per heavy atom. The first-order chi connectivity index (χ1) is 17.7. The average molecular weight is 503 g/mol. The molecule has 6 rings (SSSR count). The summed E-state index contributed by atoms with van der Waals surface area (Å²) in [5.74, 6) is -0.0887. The van der Waals surface area contributed by atoms with Crippen LogP contribution in [0.15, 0.2) is 47.3 Å². The Kier molecular flexibility index (Phi) is 5.63. The first-order valence-electron chi connectivity index (χ1n) is 12.4. The number of nitrogens with zero attached hydrogens (tertiary/aromatic N) is 5. The predicted octanol–water partition coefficient (Wildman–Crippen LogP) is 3.05. The quantitative estimate of drug-likeness (QED) is 0.396. The second-order valence-corrected chi connectivity index (χ2v) is 10.8. The summed E-state index contributed by atoms with van der Waals surface area (Å²) in [5.41, 5.74) is 3.74. The molecule has 4 aromatic rings. The van der Waals surface area contributed by atoms with Gasteiger partial charge in [0.1, 0.15) is 6.26 Å². The Bertz CT molecular complexity index is 1470. The van der Waals surface area contributed by atoms with Gasteiger partial charge in [-0.15, -0.1) is 0 Å². The average Bonchev–Trinajstić information content (AvgIpc) is 3.43. The molecule has 0 radical (unpaired) electrons. The van der Waals surface area contributed by atoms with Crippen LogP contribution in [0.4, 0.5) is 5.69 Å². The molecule has 192 valence electrons. The van der Waals surface area contributed by atoms with Crippen LogP contribution in [0.25, 0.3) is 17.0 Å². The number of aliphatic hydroxyl groups is 1. The van der Waals surface area contributed by atoms with Crippen LogP contribution in [0.3, 0.4) is 0 Å². The number of rotatable bonds is 7. The zero-order chi connectivity index (χ0) is 25.8. The van der Waals surface area contributed by atoms with Crippen molar-refractivity contribution in [3.63, 3.8) is 0 Å². The highest BCUT2D eigenvalue weighted by atomic mass is 16.5. The molecule has 0 bridgehead atoms. The van der Waals surface area contributed by atoms with Gasteiger partial charge in [0.15, 0.2) is 5.69 Å². The molecule has 1 spiro atoms. The van der Waals surface area contributed by atoms with E-state index in [2.05, 4.69) is 20.2 Å². The molecule has 2 fully saturated rings. The van der Waals surface area contributed by atoms with E-state index >= 15 is 0 Å². The van der Waals surface area contributed by atoms with E-state index in [-0.39, 0.29) is 5.69 Å². The first kappa shape index (κ1) is 23.8. The van der Waals surface area contributed by atoms with Gasteiger partial charge in [0, 0.05) is 60.7 Å². The van der Waals surface area contributed by atoms with Gasteiger partial charge in [0.05, 0.1) is 35.7 Å². The summed E-state index contributed by atoms with van der Waals surface area (Å²) in [7, 11) is 0. The molecule has 37 heavy (non-hydrogen) atoms. The highest BCUT2D eigenvalue weighted by Crippen LogP contribution is 2.37. The van der Waals surface area contributed by atoms with Crippen LogP contribution >= 0.6 is 0 Å². The maximum atomic E-state index is 13.1. The Morgan fingerprint density at radius 1 is 1.24 bits per heavy atom. The van der Waals surface area contributed by atoms with Crippen molar-refractivity contribution in [2.75, 3.05) is 38.2 Å². The van der Waals surface area contributed by atoms with Gasteiger partial charge >= 0.3 is 0 Å². The third-order valence-electron chi connectivity index (χ3n) is 7.06. The van der Waals surface area contributed by atoms with Crippen LogP contribution in [0.1, 0.15) is 41.3 Å². The smallest absolute Gasteiger partial charge is 0.277 e. The molecule has 0 atom stereocenters. The van der Waals surface area contributed by atoms with Crippen molar-refractivity contribution in [3.05, 3.63) is 65.6 Å². The summed E-state index contributed by atoms with van der Waals surface area (Å²) in [6.45, 7) is 10.1. The highest BCUT2D eigenvalue weighted by Gasteiger charge is 2.48. The van der Waals surface area contributed by atoms with Gasteiger partial charge in [-0.2, -0.15) is 5.10 Å². The van der Waals surface area contributed by atoms with Gasteiger partial charge in [0.2, 0.25) is 5.89 Å². The first-order valence-corrected chi connectivity index (χ1v) is 12.4. The summed E-state index contributed by atoms with van der Waals surface area (Å²) < 4.78 is 12.7. The van der Waals surface area contributed by atoms with Gasteiger partial charge in [-0.25, -0.2) is 9.50 Å². The summed E-state index contributed by atoms with van der Waals surface area (Å²) in [6.07, 6.45) is 5.60. The van der Waals surface area contributed by atoms with E-state index in [1.807, 2.05) is 25.1 Å². The molecule has 0 unspecified atom stereocenters. The van der Waals surface area contributed by atoms with Crippen molar-refractivity contribution in [2.24, 2.45) is 5.41 Å². The minimum absolute atomic E-state index is 0.143. The number of aromatic nitrogens is 4. The van der Waals surface area contributed by atoms with Crippen molar-refractivity contribution in [1.29, 1.82) is 0 Å². The molecule has 0 aromatic carbocycles. The van der Waals surface area contributed by atoms with Gasteiger partial charge in [-0.1, -0.05) is 0 Å². The molecule has 2 N–H and O–H groups in total. The largest absolute Gasteiger partial charge is 0.444 e.